The lowest BCUT2D eigenvalue weighted by Crippen LogP contribution is -2.01. The average molecular weight is 503 g/mol. The van der Waals surface area contributed by atoms with Crippen LogP contribution in [0, 0.1) is 0 Å². The Bertz CT molecular complexity index is 1380. The molecule has 6 nitrogen and oxygen atoms in total. The van der Waals surface area contributed by atoms with E-state index in [0.29, 0.717) is 30.7 Å². The second-order valence-electron chi connectivity index (χ2n) is 8.85. The van der Waals surface area contributed by atoms with Gasteiger partial charge in [-0.3, -0.25) is 4.98 Å². The van der Waals surface area contributed by atoms with E-state index in [1.807, 2.05) is 97.2 Å². The maximum absolute atomic E-state index is 5.75. The van der Waals surface area contributed by atoms with Crippen molar-refractivity contribution in [2.45, 2.75) is 26.7 Å². The molecule has 0 radical (unpaired) electrons. The molecule has 2 aromatic heterocycles. The highest BCUT2D eigenvalue weighted by Crippen LogP contribution is 2.27. The molecule has 0 spiro atoms. The minimum atomic E-state index is 0.565. The number of rotatable bonds is 10. The second kappa shape index (κ2) is 12.1. The fourth-order valence-electron chi connectivity index (χ4n) is 3.91. The zero-order valence-electron chi connectivity index (χ0n) is 21.7. The quantitative estimate of drug-likeness (QED) is 0.197. The lowest BCUT2D eigenvalue weighted by Gasteiger charge is -2.10. The smallest absolute Gasteiger partial charge is 0.165 e. The first-order valence-electron chi connectivity index (χ1n) is 13.0. The van der Waals surface area contributed by atoms with Crippen LogP contribution in [0.2, 0.25) is 0 Å². The summed E-state index contributed by atoms with van der Waals surface area (Å²) in [5.74, 6) is 3.40. The molecule has 0 unspecified atom stereocenters. The van der Waals surface area contributed by atoms with E-state index in [1.165, 1.54) is 0 Å². The Morgan fingerprint density at radius 3 is 1.42 bits per heavy atom. The van der Waals surface area contributed by atoms with Gasteiger partial charge in [-0.15, -0.1) is 0 Å². The maximum atomic E-state index is 5.75. The van der Waals surface area contributed by atoms with Crippen molar-refractivity contribution < 1.29 is 9.47 Å². The lowest BCUT2D eigenvalue weighted by molar-refractivity contribution is 0.317. The molecule has 0 aliphatic rings. The second-order valence-corrected chi connectivity index (χ2v) is 8.85. The van der Waals surface area contributed by atoms with Gasteiger partial charge < -0.3 is 9.47 Å². The van der Waals surface area contributed by atoms with Gasteiger partial charge in [-0.2, -0.15) is 0 Å². The Morgan fingerprint density at radius 2 is 0.974 bits per heavy atom. The standard InChI is InChI=1S/C32H30N4O2/c1-3-20-37-27-15-10-24(11-16-27)30-34-31(25-12-17-28(18-13-25)38-21-4-2)36-32(35-30)26-14-19-29(33-22-26)23-8-6-5-7-9-23/h5-19,22H,3-4,20-21H2,1-2H3. The van der Waals surface area contributed by atoms with Gasteiger partial charge in [-0.05, 0) is 73.5 Å². The minimum Gasteiger partial charge on any atom is -0.494 e. The molecule has 0 saturated heterocycles. The van der Waals surface area contributed by atoms with Crippen molar-refractivity contribution >= 4 is 0 Å². The van der Waals surface area contributed by atoms with Crippen LogP contribution >= 0.6 is 0 Å². The van der Waals surface area contributed by atoms with E-state index in [-0.39, 0.29) is 0 Å². The molecule has 190 valence electrons. The maximum Gasteiger partial charge on any atom is 0.165 e. The largest absolute Gasteiger partial charge is 0.494 e. The summed E-state index contributed by atoms with van der Waals surface area (Å²) in [6.07, 6.45) is 3.73. The summed E-state index contributed by atoms with van der Waals surface area (Å²) < 4.78 is 11.5. The van der Waals surface area contributed by atoms with Crippen LogP contribution in [0.15, 0.2) is 97.2 Å². The molecule has 0 saturated carbocycles. The SMILES string of the molecule is CCCOc1ccc(-c2nc(-c3ccc(OCCC)cc3)nc(-c3ccc(-c4ccccc4)nc3)n2)cc1. The molecule has 0 aliphatic heterocycles. The zero-order valence-corrected chi connectivity index (χ0v) is 21.7. The van der Waals surface area contributed by atoms with E-state index in [0.717, 1.165) is 52.3 Å². The Balaban J connectivity index is 1.52. The van der Waals surface area contributed by atoms with Crippen molar-refractivity contribution in [2.24, 2.45) is 0 Å². The van der Waals surface area contributed by atoms with E-state index in [4.69, 9.17) is 24.4 Å². The minimum absolute atomic E-state index is 0.565. The summed E-state index contributed by atoms with van der Waals surface area (Å²) in [5, 5.41) is 0. The Morgan fingerprint density at radius 1 is 0.500 bits per heavy atom. The molecule has 2 heterocycles. The van der Waals surface area contributed by atoms with Gasteiger partial charge in [0.25, 0.3) is 0 Å². The van der Waals surface area contributed by atoms with Crippen molar-refractivity contribution in [1.29, 1.82) is 0 Å². The van der Waals surface area contributed by atoms with E-state index >= 15 is 0 Å². The van der Waals surface area contributed by atoms with E-state index in [2.05, 4.69) is 18.8 Å². The Kier molecular flexibility index (Phi) is 7.99. The molecular formula is C32H30N4O2. The van der Waals surface area contributed by atoms with Gasteiger partial charge in [0.15, 0.2) is 17.5 Å². The van der Waals surface area contributed by atoms with Gasteiger partial charge in [0, 0.05) is 28.5 Å². The average Bonchev–Trinajstić information content (AvgIpc) is 3.00. The van der Waals surface area contributed by atoms with E-state index in [1.54, 1.807) is 0 Å². The van der Waals surface area contributed by atoms with Gasteiger partial charge in [0.2, 0.25) is 0 Å². The van der Waals surface area contributed by atoms with Crippen LogP contribution in [0.4, 0.5) is 0 Å². The summed E-state index contributed by atoms with van der Waals surface area (Å²) in [5.41, 5.74) is 4.55. The predicted molar refractivity (Wildman–Crippen MR) is 151 cm³/mol. The molecule has 0 aliphatic carbocycles. The highest BCUT2D eigenvalue weighted by atomic mass is 16.5. The number of ether oxygens (including phenoxy) is 2. The summed E-state index contributed by atoms with van der Waals surface area (Å²) in [6, 6.07) is 29.8. The van der Waals surface area contributed by atoms with Crippen molar-refractivity contribution in [1.82, 2.24) is 19.9 Å². The van der Waals surface area contributed by atoms with Crippen molar-refractivity contribution in [2.75, 3.05) is 13.2 Å². The van der Waals surface area contributed by atoms with Crippen LogP contribution in [0.1, 0.15) is 26.7 Å². The van der Waals surface area contributed by atoms with Crippen molar-refractivity contribution in [3.05, 3.63) is 97.2 Å². The lowest BCUT2D eigenvalue weighted by atomic mass is 10.1. The Hall–Kier alpha value is -4.58. The van der Waals surface area contributed by atoms with Crippen LogP contribution in [-0.2, 0) is 0 Å². The van der Waals surface area contributed by atoms with Crippen molar-refractivity contribution in [3.8, 4) is 56.9 Å². The van der Waals surface area contributed by atoms with Crippen LogP contribution < -0.4 is 9.47 Å². The van der Waals surface area contributed by atoms with Crippen LogP contribution in [0.3, 0.4) is 0 Å². The van der Waals surface area contributed by atoms with E-state index in [9.17, 15) is 0 Å². The Labute approximate surface area is 223 Å². The van der Waals surface area contributed by atoms with Crippen LogP contribution in [-0.4, -0.2) is 33.1 Å². The molecule has 6 heteroatoms. The van der Waals surface area contributed by atoms with Gasteiger partial charge >= 0.3 is 0 Å². The summed E-state index contributed by atoms with van der Waals surface area (Å²) in [7, 11) is 0. The highest BCUT2D eigenvalue weighted by molar-refractivity contribution is 5.68. The topological polar surface area (TPSA) is 70.0 Å². The fourth-order valence-corrected chi connectivity index (χ4v) is 3.91. The number of aromatic nitrogens is 4. The fraction of sp³-hybridized carbons (Fsp3) is 0.188. The zero-order chi connectivity index (χ0) is 26.2. The third-order valence-electron chi connectivity index (χ3n) is 5.90. The molecule has 0 atom stereocenters. The first-order valence-corrected chi connectivity index (χ1v) is 13.0. The molecule has 0 N–H and O–H groups in total. The van der Waals surface area contributed by atoms with Gasteiger partial charge in [-0.25, -0.2) is 15.0 Å². The van der Waals surface area contributed by atoms with Crippen LogP contribution in [0.25, 0.3) is 45.4 Å². The first-order chi connectivity index (χ1) is 18.7. The number of hydrogen-bond donors (Lipinski definition) is 0. The molecule has 3 aromatic carbocycles. The van der Waals surface area contributed by atoms with E-state index < -0.39 is 0 Å². The number of hydrogen-bond acceptors (Lipinski definition) is 6. The van der Waals surface area contributed by atoms with Gasteiger partial charge in [-0.1, -0.05) is 44.2 Å². The molecule has 0 bridgehead atoms. The van der Waals surface area contributed by atoms with Crippen molar-refractivity contribution in [3.63, 3.8) is 0 Å². The summed E-state index contributed by atoms with van der Waals surface area (Å²) in [4.78, 5) is 19.1. The third-order valence-corrected chi connectivity index (χ3v) is 5.90. The van der Waals surface area contributed by atoms with Gasteiger partial charge in [0.1, 0.15) is 11.5 Å². The molecule has 38 heavy (non-hydrogen) atoms. The number of benzene rings is 3. The first kappa shape index (κ1) is 25.1. The highest BCUT2D eigenvalue weighted by Gasteiger charge is 2.13. The number of pyridine rings is 1. The van der Waals surface area contributed by atoms with Gasteiger partial charge in [0.05, 0.1) is 18.9 Å². The third kappa shape index (κ3) is 6.03. The monoisotopic (exact) mass is 502 g/mol. The number of nitrogens with zero attached hydrogens (tertiary/aromatic N) is 4. The molecule has 0 fully saturated rings. The molecular weight excluding hydrogens is 472 g/mol. The molecule has 0 amide bonds. The normalized spacial score (nSPS) is 10.8. The van der Waals surface area contributed by atoms with Crippen LogP contribution in [0.5, 0.6) is 11.5 Å². The molecule has 5 rings (SSSR count). The summed E-state index contributed by atoms with van der Waals surface area (Å²) in [6.45, 7) is 5.55. The molecule has 5 aromatic rings. The summed E-state index contributed by atoms with van der Waals surface area (Å²) >= 11 is 0. The predicted octanol–water partition coefficient (Wildman–Crippen LogP) is 7.51.